The van der Waals surface area contributed by atoms with Crippen LogP contribution >= 0.6 is 22.9 Å². The van der Waals surface area contributed by atoms with Crippen molar-refractivity contribution in [3.63, 3.8) is 0 Å². The maximum absolute atomic E-state index is 13.6. The first-order valence-corrected chi connectivity index (χ1v) is 6.54. The smallest absolute Gasteiger partial charge is 0.335 e. The van der Waals surface area contributed by atoms with Crippen molar-refractivity contribution in [2.45, 2.75) is 13.5 Å². The molecule has 0 atom stereocenters. The summed E-state index contributed by atoms with van der Waals surface area (Å²) in [6.45, 7) is 2.00. The number of nitrogens with zero attached hydrogens (tertiary/aromatic N) is 1. The summed E-state index contributed by atoms with van der Waals surface area (Å²) in [4.78, 5) is 15.6. The van der Waals surface area contributed by atoms with Crippen LogP contribution in [0.4, 0.5) is 10.1 Å². The topological polar surface area (TPSA) is 62.2 Å². The first-order chi connectivity index (χ1) is 8.97. The van der Waals surface area contributed by atoms with Crippen LogP contribution < -0.4 is 5.32 Å². The molecule has 100 valence electrons. The van der Waals surface area contributed by atoms with Crippen LogP contribution in [0.15, 0.2) is 18.3 Å². The Morgan fingerprint density at radius 2 is 2.32 bits per heavy atom. The van der Waals surface area contributed by atoms with Crippen LogP contribution in [-0.4, -0.2) is 16.1 Å². The largest absolute Gasteiger partial charge is 0.478 e. The van der Waals surface area contributed by atoms with Crippen molar-refractivity contribution in [3.8, 4) is 0 Å². The fourth-order valence-corrected chi connectivity index (χ4v) is 2.45. The standard InChI is InChI=1S/C12H10ClFN2O2S/c1-6-9(14)2-7(11(17)18)3-10(6)15-4-8-5-16-12(13)19-8/h2-3,5,15H,4H2,1H3,(H,17,18). The summed E-state index contributed by atoms with van der Waals surface area (Å²) >= 11 is 7.02. The molecule has 0 unspecified atom stereocenters. The van der Waals surface area contributed by atoms with E-state index < -0.39 is 11.8 Å². The quantitative estimate of drug-likeness (QED) is 0.906. The molecule has 0 aliphatic heterocycles. The molecular formula is C12H10ClFN2O2S. The van der Waals surface area contributed by atoms with Crippen LogP contribution in [0, 0.1) is 12.7 Å². The minimum Gasteiger partial charge on any atom is -0.478 e. The fourth-order valence-electron chi connectivity index (χ4n) is 1.53. The van der Waals surface area contributed by atoms with E-state index in [1.165, 1.54) is 17.4 Å². The van der Waals surface area contributed by atoms with E-state index in [9.17, 15) is 9.18 Å². The number of halogens is 2. The van der Waals surface area contributed by atoms with Gasteiger partial charge in [0.15, 0.2) is 4.47 Å². The number of nitrogens with one attached hydrogen (secondary N) is 1. The highest BCUT2D eigenvalue weighted by molar-refractivity contribution is 7.15. The van der Waals surface area contributed by atoms with Gasteiger partial charge in [0.25, 0.3) is 0 Å². The normalized spacial score (nSPS) is 10.5. The van der Waals surface area contributed by atoms with E-state index in [1.54, 1.807) is 13.1 Å². The molecule has 2 rings (SSSR count). The minimum absolute atomic E-state index is 0.0899. The molecule has 0 radical (unpaired) electrons. The van der Waals surface area contributed by atoms with Crippen LogP contribution in [0.5, 0.6) is 0 Å². The average Bonchev–Trinajstić information content (AvgIpc) is 2.76. The maximum atomic E-state index is 13.6. The van der Waals surface area contributed by atoms with Gasteiger partial charge in [-0.3, -0.25) is 0 Å². The average molecular weight is 301 g/mol. The number of hydrogen-bond donors (Lipinski definition) is 2. The molecule has 2 N–H and O–H groups in total. The Labute approximate surface area is 117 Å². The Morgan fingerprint density at radius 3 is 2.89 bits per heavy atom. The van der Waals surface area contributed by atoms with Crippen LogP contribution in [0.3, 0.4) is 0 Å². The Morgan fingerprint density at radius 1 is 1.58 bits per heavy atom. The number of carboxylic acids is 1. The molecule has 0 fully saturated rings. The Kier molecular flexibility index (Phi) is 4.01. The van der Waals surface area contributed by atoms with E-state index in [0.717, 1.165) is 10.9 Å². The number of carboxylic acid groups (broad SMARTS) is 1. The molecule has 4 nitrogen and oxygen atoms in total. The number of anilines is 1. The number of carbonyl (C=O) groups is 1. The van der Waals surface area contributed by atoms with Crippen molar-refractivity contribution in [1.82, 2.24) is 4.98 Å². The molecule has 0 saturated heterocycles. The lowest BCUT2D eigenvalue weighted by Gasteiger charge is -2.10. The zero-order valence-corrected chi connectivity index (χ0v) is 11.5. The summed E-state index contributed by atoms with van der Waals surface area (Å²) in [5.74, 6) is -1.72. The van der Waals surface area contributed by atoms with E-state index in [4.69, 9.17) is 16.7 Å². The van der Waals surface area contributed by atoms with Gasteiger partial charge in [0.05, 0.1) is 12.1 Å². The summed E-state index contributed by atoms with van der Waals surface area (Å²) in [5.41, 5.74) is 0.732. The molecule has 1 aromatic carbocycles. The summed E-state index contributed by atoms with van der Waals surface area (Å²) in [6, 6.07) is 2.41. The third-order valence-electron chi connectivity index (χ3n) is 2.57. The van der Waals surface area contributed by atoms with E-state index in [-0.39, 0.29) is 5.56 Å². The monoisotopic (exact) mass is 300 g/mol. The first-order valence-electron chi connectivity index (χ1n) is 5.35. The molecule has 0 spiro atoms. The van der Waals surface area contributed by atoms with E-state index in [0.29, 0.717) is 22.3 Å². The molecule has 0 bridgehead atoms. The van der Waals surface area contributed by atoms with Crippen molar-refractivity contribution in [2.24, 2.45) is 0 Å². The number of thiazole rings is 1. The van der Waals surface area contributed by atoms with Gasteiger partial charge in [-0.25, -0.2) is 14.2 Å². The fraction of sp³-hybridized carbons (Fsp3) is 0.167. The van der Waals surface area contributed by atoms with Gasteiger partial charge in [0.1, 0.15) is 5.82 Å². The Balaban J connectivity index is 2.21. The third kappa shape index (κ3) is 3.21. The van der Waals surface area contributed by atoms with Gasteiger partial charge in [-0.2, -0.15) is 0 Å². The van der Waals surface area contributed by atoms with Gasteiger partial charge in [-0.1, -0.05) is 11.6 Å². The van der Waals surface area contributed by atoms with Crippen molar-refractivity contribution >= 4 is 34.6 Å². The molecule has 0 aliphatic carbocycles. The zero-order chi connectivity index (χ0) is 14.0. The van der Waals surface area contributed by atoms with Crippen molar-refractivity contribution in [2.75, 3.05) is 5.32 Å². The summed E-state index contributed by atoms with van der Waals surface area (Å²) in [5, 5.41) is 11.9. The van der Waals surface area contributed by atoms with Gasteiger partial charge in [-0.05, 0) is 19.1 Å². The molecule has 0 saturated carbocycles. The molecule has 1 heterocycles. The molecule has 0 aliphatic rings. The molecule has 7 heteroatoms. The van der Waals surface area contributed by atoms with Gasteiger partial charge in [-0.15, -0.1) is 11.3 Å². The molecule has 19 heavy (non-hydrogen) atoms. The maximum Gasteiger partial charge on any atom is 0.335 e. The van der Waals surface area contributed by atoms with Gasteiger partial charge < -0.3 is 10.4 Å². The zero-order valence-electron chi connectivity index (χ0n) is 9.91. The minimum atomic E-state index is -1.16. The number of benzene rings is 1. The highest BCUT2D eigenvalue weighted by atomic mass is 35.5. The van der Waals surface area contributed by atoms with E-state index in [2.05, 4.69) is 10.3 Å². The lowest BCUT2D eigenvalue weighted by molar-refractivity contribution is 0.0696. The second-order valence-electron chi connectivity index (χ2n) is 3.87. The van der Waals surface area contributed by atoms with Gasteiger partial charge in [0, 0.05) is 22.3 Å². The SMILES string of the molecule is Cc1c(F)cc(C(=O)O)cc1NCc1cnc(Cl)s1. The highest BCUT2D eigenvalue weighted by Crippen LogP contribution is 2.23. The molecular weight excluding hydrogens is 291 g/mol. The van der Waals surface area contributed by atoms with Crippen LogP contribution in [0.25, 0.3) is 0 Å². The molecule has 2 aromatic rings. The van der Waals surface area contributed by atoms with Gasteiger partial charge >= 0.3 is 5.97 Å². The Bertz CT molecular complexity index is 630. The number of rotatable bonds is 4. The van der Waals surface area contributed by atoms with Gasteiger partial charge in [0.2, 0.25) is 0 Å². The summed E-state index contributed by atoms with van der Waals surface area (Å²) in [6.07, 6.45) is 1.62. The predicted octanol–water partition coefficient (Wildman–Crippen LogP) is 3.55. The first kappa shape index (κ1) is 13.8. The predicted molar refractivity (Wildman–Crippen MR) is 72.5 cm³/mol. The summed E-state index contributed by atoms with van der Waals surface area (Å²) < 4.78 is 14.0. The van der Waals surface area contributed by atoms with Crippen LogP contribution in [0.1, 0.15) is 20.8 Å². The second-order valence-corrected chi connectivity index (χ2v) is 5.57. The number of aromatic carboxylic acids is 1. The van der Waals surface area contributed by atoms with Crippen LogP contribution in [0.2, 0.25) is 4.47 Å². The summed E-state index contributed by atoms with van der Waals surface area (Å²) in [7, 11) is 0. The lowest BCUT2D eigenvalue weighted by atomic mass is 10.1. The van der Waals surface area contributed by atoms with E-state index >= 15 is 0 Å². The van der Waals surface area contributed by atoms with E-state index in [1.807, 2.05) is 0 Å². The highest BCUT2D eigenvalue weighted by Gasteiger charge is 2.11. The number of hydrogen-bond acceptors (Lipinski definition) is 4. The molecule has 1 aromatic heterocycles. The van der Waals surface area contributed by atoms with Crippen molar-refractivity contribution < 1.29 is 14.3 Å². The second kappa shape index (κ2) is 5.54. The third-order valence-corrected chi connectivity index (χ3v) is 3.68. The Hall–Kier alpha value is -1.66. The molecule has 0 amide bonds. The lowest BCUT2D eigenvalue weighted by Crippen LogP contribution is -2.05. The van der Waals surface area contributed by atoms with Crippen molar-refractivity contribution in [1.29, 1.82) is 0 Å². The van der Waals surface area contributed by atoms with Crippen LogP contribution in [-0.2, 0) is 6.54 Å². The van der Waals surface area contributed by atoms with Crippen molar-refractivity contribution in [3.05, 3.63) is 44.6 Å². The number of aromatic nitrogens is 1.